The van der Waals surface area contributed by atoms with Crippen LogP contribution in [0, 0.1) is 5.82 Å². The molecule has 0 bridgehead atoms. The van der Waals surface area contributed by atoms with Crippen molar-refractivity contribution in [2.45, 2.75) is 19.5 Å². The van der Waals surface area contributed by atoms with Crippen molar-refractivity contribution < 1.29 is 17.6 Å². The molecule has 0 aliphatic rings. The van der Waals surface area contributed by atoms with Crippen LogP contribution in [0.4, 0.5) is 28.9 Å². The first kappa shape index (κ1) is 13.6. The van der Waals surface area contributed by atoms with Crippen LogP contribution in [-0.4, -0.2) is 19.3 Å². The second-order valence-electron chi connectivity index (χ2n) is 3.75. The van der Waals surface area contributed by atoms with Gasteiger partial charge >= 0.3 is 6.18 Å². The number of hydrogen-bond acceptors (Lipinski definition) is 2. The minimum absolute atomic E-state index is 0.0709. The van der Waals surface area contributed by atoms with E-state index in [0.717, 1.165) is 11.0 Å². The monoisotopic (exact) mass is 250 g/mol. The molecule has 0 unspecified atom stereocenters. The predicted octanol–water partition coefficient (Wildman–Crippen LogP) is 3.19. The number of nitrogens with two attached hydrogens (primary N) is 1. The van der Waals surface area contributed by atoms with Crippen LogP contribution in [0.3, 0.4) is 0 Å². The quantitative estimate of drug-likeness (QED) is 0.657. The van der Waals surface area contributed by atoms with Crippen molar-refractivity contribution in [2.24, 2.45) is 0 Å². The molecule has 0 aliphatic heterocycles. The van der Waals surface area contributed by atoms with Crippen LogP contribution in [0.2, 0.25) is 0 Å². The van der Waals surface area contributed by atoms with Crippen LogP contribution in [-0.2, 0) is 0 Å². The summed E-state index contributed by atoms with van der Waals surface area (Å²) < 4.78 is 50.5. The van der Waals surface area contributed by atoms with E-state index in [9.17, 15) is 17.6 Å². The first-order valence-electron chi connectivity index (χ1n) is 5.20. The summed E-state index contributed by atoms with van der Waals surface area (Å²) in [5.74, 6) is -0.734. The minimum atomic E-state index is -4.36. The number of alkyl halides is 3. The molecule has 0 spiro atoms. The average molecular weight is 250 g/mol. The molecule has 0 aromatic heterocycles. The van der Waals surface area contributed by atoms with Gasteiger partial charge in [-0.25, -0.2) is 4.39 Å². The van der Waals surface area contributed by atoms with Crippen molar-refractivity contribution in [1.29, 1.82) is 0 Å². The van der Waals surface area contributed by atoms with E-state index in [4.69, 9.17) is 5.73 Å². The second-order valence-corrected chi connectivity index (χ2v) is 3.75. The summed E-state index contributed by atoms with van der Waals surface area (Å²) in [5, 5.41) is 0. The molecule has 0 atom stereocenters. The molecule has 0 radical (unpaired) electrons. The predicted molar refractivity (Wildman–Crippen MR) is 59.4 cm³/mol. The molecule has 0 heterocycles. The smallest absolute Gasteiger partial charge is 0.399 e. The lowest BCUT2D eigenvalue weighted by Gasteiger charge is -2.26. The maximum Gasteiger partial charge on any atom is 0.405 e. The normalized spacial score (nSPS) is 11.6. The molecule has 1 rings (SSSR count). The van der Waals surface area contributed by atoms with Crippen molar-refractivity contribution in [3.05, 3.63) is 24.0 Å². The fourth-order valence-corrected chi connectivity index (χ4v) is 1.55. The Morgan fingerprint density at radius 1 is 1.29 bits per heavy atom. The molecule has 2 N–H and O–H groups in total. The average Bonchev–Trinajstić information content (AvgIpc) is 2.14. The molecule has 17 heavy (non-hydrogen) atoms. The van der Waals surface area contributed by atoms with Gasteiger partial charge in [0.15, 0.2) is 0 Å². The van der Waals surface area contributed by atoms with Crippen LogP contribution in [0.1, 0.15) is 13.3 Å². The van der Waals surface area contributed by atoms with Gasteiger partial charge in [0.05, 0.1) is 5.69 Å². The maximum atomic E-state index is 13.5. The second kappa shape index (κ2) is 5.25. The molecule has 1 aromatic rings. The molecule has 0 saturated heterocycles. The third kappa shape index (κ3) is 4.13. The summed E-state index contributed by atoms with van der Waals surface area (Å²) in [4.78, 5) is 0.967. The van der Waals surface area contributed by atoms with Crippen molar-refractivity contribution in [3.63, 3.8) is 0 Å². The fourth-order valence-electron chi connectivity index (χ4n) is 1.55. The summed E-state index contributed by atoms with van der Waals surface area (Å²) >= 11 is 0. The lowest BCUT2D eigenvalue weighted by atomic mass is 10.2. The number of nitrogens with zero attached hydrogens (tertiary/aromatic N) is 1. The van der Waals surface area contributed by atoms with Crippen molar-refractivity contribution >= 4 is 11.4 Å². The molecule has 0 aliphatic carbocycles. The van der Waals surface area contributed by atoms with Gasteiger partial charge in [-0.3, -0.25) is 0 Å². The van der Waals surface area contributed by atoms with E-state index in [1.165, 1.54) is 12.1 Å². The summed E-state index contributed by atoms with van der Waals surface area (Å²) in [5.41, 5.74) is 5.47. The van der Waals surface area contributed by atoms with E-state index in [1.54, 1.807) is 6.92 Å². The van der Waals surface area contributed by atoms with Gasteiger partial charge in [0.2, 0.25) is 0 Å². The molecular formula is C11H14F4N2. The van der Waals surface area contributed by atoms with Crippen LogP contribution in [0.25, 0.3) is 0 Å². The van der Waals surface area contributed by atoms with Crippen molar-refractivity contribution in [2.75, 3.05) is 23.7 Å². The van der Waals surface area contributed by atoms with E-state index in [2.05, 4.69) is 0 Å². The van der Waals surface area contributed by atoms with Gasteiger partial charge in [0.1, 0.15) is 12.4 Å². The van der Waals surface area contributed by atoms with Crippen LogP contribution in [0.5, 0.6) is 0 Å². The molecule has 6 heteroatoms. The Balaban J connectivity index is 2.97. The Labute approximate surface area is 97.0 Å². The van der Waals surface area contributed by atoms with Gasteiger partial charge in [-0.1, -0.05) is 6.92 Å². The van der Waals surface area contributed by atoms with Crippen LogP contribution >= 0.6 is 0 Å². The highest BCUT2D eigenvalue weighted by Gasteiger charge is 2.31. The molecule has 0 amide bonds. The van der Waals surface area contributed by atoms with Crippen LogP contribution in [0.15, 0.2) is 18.2 Å². The zero-order chi connectivity index (χ0) is 13.1. The van der Waals surface area contributed by atoms with Crippen molar-refractivity contribution in [1.82, 2.24) is 0 Å². The minimum Gasteiger partial charge on any atom is -0.399 e. The third-order valence-corrected chi connectivity index (χ3v) is 2.18. The summed E-state index contributed by atoms with van der Waals surface area (Å²) in [6.07, 6.45) is -3.86. The fraction of sp³-hybridized carbons (Fsp3) is 0.455. The first-order chi connectivity index (χ1) is 7.83. The number of hydrogen-bond donors (Lipinski definition) is 1. The Morgan fingerprint density at radius 3 is 2.41 bits per heavy atom. The lowest BCUT2D eigenvalue weighted by molar-refractivity contribution is -0.119. The zero-order valence-electron chi connectivity index (χ0n) is 9.39. The van der Waals surface area contributed by atoms with Gasteiger partial charge < -0.3 is 10.6 Å². The van der Waals surface area contributed by atoms with E-state index >= 15 is 0 Å². The van der Waals surface area contributed by atoms with Gasteiger partial charge in [-0.2, -0.15) is 13.2 Å². The standard InChI is InChI=1S/C11H14F4N2/c1-2-5-17(7-11(13,14)15)10-4-3-8(16)6-9(10)12/h3-4,6H,2,5,7,16H2,1H3. The molecule has 2 nitrogen and oxygen atoms in total. The Kier molecular flexibility index (Phi) is 4.20. The highest BCUT2D eigenvalue weighted by molar-refractivity contribution is 5.54. The van der Waals surface area contributed by atoms with E-state index in [0.29, 0.717) is 6.42 Å². The summed E-state index contributed by atoms with van der Waals surface area (Å²) in [6.45, 7) is 0.709. The van der Waals surface area contributed by atoms with Crippen molar-refractivity contribution in [3.8, 4) is 0 Å². The van der Waals surface area contributed by atoms with Gasteiger partial charge in [-0.05, 0) is 24.6 Å². The molecule has 96 valence electrons. The maximum absolute atomic E-state index is 13.5. The Morgan fingerprint density at radius 2 is 1.94 bits per heavy atom. The largest absolute Gasteiger partial charge is 0.405 e. The van der Waals surface area contributed by atoms with Crippen LogP contribution < -0.4 is 10.6 Å². The summed E-state index contributed by atoms with van der Waals surface area (Å²) in [6, 6.07) is 3.68. The lowest BCUT2D eigenvalue weighted by Crippen LogP contribution is -2.35. The summed E-state index contributed by atoms with van der Waals surface area (Å²) in [7, 11) is 0. The molecule has 0 fully saturated rings. The topological polar surface area (TPSA) is 29.3 Å². The van der Waals surface area contributed by atoms with E-state index < -0.39 is 18.5 Å². The van der Waals surface area contributed by atoms with Gasteiger partial charge in [-0.15, -0.1) is 0 Å². The van der Waals surface area contributed by atoms with E-state index in [-0.39, 0.29) is 17.9 Å². The Bertz CT molecular complexity index is 376. The number of halogens is 4. The van der Waals surface area contributed by atoms with Gasteiger partial charge in [0, 0.05) is 12.2 Å². The number of nitrogen functional groups attached to an aromatic ring is 1. The number of rotatable bonds is 4. The highest BCUT2D eigenvalue weighted by atomic mass is 19.4. The molecular weight excluding hydrogens is 236 g/mol. The van der Waals surface area contributed by atoms with E-state index in [1.807, 2.05) is 0 Å². The Hall–Kier alpha value is -1.46. The highest BCUT2D eigenvalue weighted by Crippen LogP contribution is 2.26. The zero-order valence-corrected chi connectivity index (χ0v) is 9.39. The molecule has 1 aromatic carbocycles. The number of benzene rings is 1. The SMILES string of the molecule is CCCN(CC(F)(F)F)c1ccc(N)cc1F. The first-order valence-corrected chi connectivity index (χ1v) is 5.20. The number of anilines is 2. The van der Waals surface area contributed by atoms with Gasteiger partial charge in [0.25, 0.3) is 0 Å². The molecule has 0 saturated carbocycles. The third-order valence-electron chi connectivity index (χ3n) is 2.18.